The van der Waals surface area contributed by atoms with E-state index in [1.54, 1.807) is 0 Å². The third kappa shape index (κ3) is 1.06. The van der Waals surface area contributed by atoms with Gasteiger partial charge < -0.3 is 0 Å². The zero-order chi connectivity index (χ0) is 8.72. The number of halogens is 3. The van der Waals surface area contributed by atoms with Crippen molar-refractivity contribution in [1.82, 2.24) is 0 Å². The number of alkyl halides is 1. The molecule has 0 fully saturated rings. The van der Waals surface area contributed by atoms with Gasteiger partial charge in [-0.2, -0.15) is 0 Å². The van der Waals surface area contributed by atoms with Crippen molar-refractivity contribution in [2.75, 3.05) is 0 Å². The molecule has 1 aromatic carbocycles. The van der Waals surface area contributed by atoms with Gasteiger partial charge in [-0.3, -0.25) is 0 Å². The number of fused-ring (bicyclic) bond motifs is 1. The minimum Gasteiger partial charge on any atom is -0.112 e. The summed E-state index contributed by atoms with van der Waals surface area (Å²) in [5.41, 5.74) is 1.94. The minimum atomic E-state index is -0.268. The SMILES string of the molecule is ClC1=C(Cl)C(Cl)c2ccccc21. The van der Waals surface area contributed by atoms with Crippen LogP contribution in [0.5, 0.6) is 0 Å². The summed E-state index contributed by atoms with van der Waals surface area (Å²) in [5.74, 6) is 0. The summed E-state index contributed by atoms with van der Waals surface area (Å²) in [7, 11) is 0. The molecule has 0 saturated carbocycles. The van der Waals surface area contributed by atoms with Gasteiger partial charge in [-0.15, -0.1) is 11.6 Å². The zero-order valence-corrected chi connectivity index (χ0v) is 8.29. The van der Waals surface area contributed by atoms with Crippen LogP contribution in [-0.2, 0) is 0 Å². The molecule has 2 rings (SSSR count). The lowest BCUT2D eigenvalue weighted by atomic mass is 10.1. The Labute approximate surface area is 85.7 Å². The van der Waals surface area contributed by atoms with Crippen LogP contribution in [0.4, 0.5) is 0 Å². The number of hydrogen-bond acceptors (Lipinski definition) is 0. The van der Waals surface area contributed by atoms with E-state index < -0.39 is 0 Å². The first-order valence-corrected chi connectivity index (χ1v) is 4.69. The van der Waals surface area contributed by atoms with Crippen molar-refractivity contribution in [2.45, 2.75) is 5.38 Å². The molecule has 12 heavy (non-hydrogen) atoms. The van der Waals surface area contributed by atoms with E-state index in [0.29, 0.717) is 10.1 Å². The van der Waals surface area contributed by atoms with Crippen LogP contribution in [0.1, 0.15) is 16.5 Å². The van der Waals surface area contributed by atoms with Gasteiger partial charge in [-0.1, -0.05) is 47.5 Å². The summed E-state index contributed by atoms with van der Waals surface area (Å²) < 4.78 is 0. The summed E-state index contributed by atoms with van der Waals surface area (Å²) in [4.78, 5) is 0. The van der Waals surface area contributed by atoms with E-state index in [9.17, 15) is 0 Å². The number of benzene rings is 1. The summed E-state index contributed by atoms with van der Waals surface area (Å²) >= 11 is 17.9. The van der Waals surface area contributed by atoms with E-state index in [1.807, 2.05) is 24.3 Å². The van der Waals surface area contributed by atoms with Crippen LogP contribution in [-0.4, -0.2) is 0 Å². The lowest BCUT2D eigenvalue weighted by molar-refractivity contribution is 1.23. The number of rotatable bonds is 0. The van der Waals surface area contributed by atoms with Gasteiger partial charge in [0.05, 0.1) is 15.4 Å². The fourth-order valence-corrected chi connectivity index (χ4v) is 2.15. The standard InChI is InChI=1S/C9H5Cl3/c10-7-5-3-1-2-4-6(5)8(11)9(7)12/h1-4,7H. The van der Waals surface area contributed by atoms with E-state index in [2.05, 4.69) is 0 Å². The molecule has 0 heterocycles. The Morgan fingerprint density at radius 3 is 2.42 bits per heavy atom. The predicted molar refractivity (Wildman–Crippen MR) is 53.7 cm³/mol. The Hall–Kier alpha value is -0.170. The van der Waals surface area contributed by atoms with Gasteiger partial charge in [0.15, 0.2) is 0 Å². The molecule has 1 atom stereocenters. The number of allylic oxidation sites excluding steroid dienone is 1. The van der Waals surface area contributed by atoms with E-state index in [1.165, 1.54) is 0 Å². The van der Waals surface area contributed by atoms with Crippen molar-refractivity contribution in [1.29, 1.82) is 0 Å². The molecule has 62 valence electrons. The molecular formula is C9H5Cl3. The van der Waals surface area contributed by atoms with Crippen molar-refractivity contribution < 1.29 is 0 Å². The van der Waals surface area contributed by atoms with Crippen LogP contribution in [0.25, 0.3) is 5.03 Å². The Morgan fingerprint density at radius 1 is 1.08 bits per heavy atom. The molecule has 0 aliphatic heterocycles. The van der Waals surface area contributed by atoms with Crippen molar-refractivity contribution in [3.63, 3.8) is 0 Å². The largest absolute Gasteiger partial charge is 0.112 e. The maximum absolute atomic E-state index is 6.01. The molecule has 0 nitrogen and oxygen atoms in total. The van der Waals surface area contributed by atoms with Crippen molar-refractivity contribution in [3.05, 3.63) is 40.4 Å². The third-order valence-electron chi connectivity index (χ3n) is 1.90. The molecule has 0 saturated heterocycles. The third-order valence-corrected chi connectivity index (χ3v) is 3.38. The topological polar surface area (TPSA) is 0 Å². The lowest BCUT2D eigenvalue weighted by Crippen LogP contribution is -1.84. The highest BCUT2D eigenvalue weighted by Crippen LogP contribution is 2.47. The fourth-order valence-electron chi connectivity index (χ4n) is 1.29. The second-order valence-corrected chi connectivity index (χ2v) is 3.83. The highest BCUT2D eigenvalue weighted by molar-refractivity contribution is 6.57. The van der Waals surface area contributed by atoms with Gasteiger partial charge >= 0.3 is 0 Å². The van der Waals surface area contributed by atoms with Crippen molar-refractivity contribution >= 4 is 39.8 Å². The van der Waals surface area contributed by atoms with Crippen LogP contribution in [0.2, 0.25) is 0 Å². The normalized spacial score (nSPS) is 21.4. The first kappa shape index (κ1) is 8.43. The minimum absolute atomic E-state index is 0.268. The van der Waals surface area contributed by atoms with Crippen molar-refractivity contribution in [2.24, 2.45) is 0 Å². The molecule has 1 aliphatic carbocycles. The van der Waals surface area contributed by atoms with E-state index in [-0.39, 0.29) is 5.38 Å². The molecule has 1 aromatic rings. The molecular weight excluding hydrogens is 214 g/mol. The molecule has 3 heteroatoms. The Kier molecular flexibility index (Phi) is 2.07. The van der Waals surface area contributed by atoms with Crippen LogP contribution >= 0.6 is 34.8 Å². The second kappa shape index (κ2) is 2.95. The maximum Gasteiger partial charge on any atom is 0.0963 e. The Bertz CT molecular complexity index is 355. The van der Waals surface area contributed by atoms with Gasteiger partial charge in [0, 0.05) is 0 Å². The molecule has 0 spiro atoms. The average Bonchev–Trinajstić information content (AvgIpc) is 2.33. The maximum atomic E-state index is 6.01. The van der Waals surface area contributed by atoms with Gasteiger partial charge in [0.2, 0.25) is 0 Å². The van der Waals surface area contributed by atoms with Crippen LogP contribution in [0.3, 0.4) is 0 Å². The highest BCUT2D eigenvalue weighted by Gasteiger charge is 2.26. The van der Waals surface area contributed by atoms with Crippen LogP contribution in [0.15, 0.2) is 29.3 Å². The molecule has 1 unspecified atom stereocenters. The smallest absolute Gasteiger partial charge is 0.0963 e. The summed E-state index contributed by atoms with van der Waals surface area (Å²) in [5, 5.41) is 0.835. The number of hydrogen-bond donors (Lipinski definition) is 0. The fraction of sp³-hybridized carbons (Fsp3) is 0.111. The van der Waals surface area contributed by atoms with E-state index in [0.717, 1.165) is 11.1 Å². The zero-order valence-electron chi connectivity index (χ0n) is 6.02. The molecule has 0 N–H and O–H groups in total. The van der Waals surface area contributed by atoms with E-state index in [4.69, 9.17) is 34.8 Å². The van der Waals surface area contributed by atoms with E-state index >= 15 is 0 Å². The lowest BCUT2D eigenvalue weighted by Gasteiger charge is -2.01. The Balaban J connectivity index is 2.65. The van der Waals surface area contributed by atoms with Gasteiger partial charge in [-0.25, -0.2) is 0 Å². The molecule has 0 amide bonds. The first-order chi connectivity index (χ1) is 5.72. The summed E-state index contributed by atoms with van der Waals surface area (Å²) in [6.45, 7) is 0. The average molecular weight is 219 g/mol. The van der Waals surface area contributed by atoms with Crippen molar-refractivity contribution in [3.8, 4) is 0 Å². The summed E-state index contributed by atoms with van der Waals surface area (Å²) in [6, 6.07) is 7.70. The second-order valence-electron chi connectivity index (χ2n) is 2.61. The molecule has 1 aliphatic rings. The molecule has 0 aromatic heterocycles. The van der Waals surface area contributed by atoms with Gasteiger partial charge in [-0.05, 0) is 11.1 Å². The van der Waals surface area contributed by atoms with Crippen LogP contribution in [0, 0.1) is 0 Å². The first-order valence-electron chi connectivity index (χ1n) is 3.50. The quantitative estimate of drug-likeness (QED) is 0.576. The van der Waals surface area contributed by atoms with Gasteiger partial charge in [0.1, 0.15) is 0 Å². The van der Waals surface area contributed by atoms with Gasteiger partial charge in [0.25, 0.3) is 0 Å². The molecule has 0 radical (unpaired) electrons. The molecule has 0 bridgehead atoms. The highest BCUT2D eigenvalue weighted by atomic mass is 35.5. The predicted octanol–water partition coefficient (Wildman–Crippen LogP) is 4.13. The van der Waals surface area contributed by atoms with Crippen LogP contribution < -0.4 is 0 Å². The Morgan fingerprint density at radius 2 is 1.75 bits per heavy atom. The monoisotopic (exact) mass is 218 g/mol. The summed E-state index contributed by atoms with van der Waals surface area (Å²) in [6.07, 6.45) is 0.